The van der Waals surface area contributed by atoms with Crippen molar-refractivity contribution in [2.24, 2.45) is 107 Å². The van der Waals surface area contributed by atoms with Gasteiger partial charge in [-0.05, 0) is 143 Å². The molecule has 20 unspecified atom stereocenters. The van der Waals surface area contributed by atoms with Crippen LogP contribution in [0.5, 0.6) is 0 Å². The molecule has 5 heterocycles. The zero-order valence-corrected chi connectivity index (χ0v) is 45.0. The highest BCUT2D eigenvalue weighted by atomic mass is 16.5. The molecule has 5 aliphatic heterocycles. The van der Waals surface area contributed by atoms with Crippen LogP contribution in [-0.2, 0) is 4.74 Å². The molecule has 0 spiro atoms. The number of nitriles is 6. The van der Waals surface area contributed by atoms with Crippen LogP contribution in [-0.4, -0.2) is 96.8 Å². The lowest BCUT2D eigenvalue weighted by Crippen LogP contribution is -2.77. The molecule has 13 rings (SSSR count). The lowest BCUT2D eigenvalue weighted by molar-refractivity contribution is -0.158. The minimum absolute atomic E-state index is 0.00689. The van der Waals surface area contributed by atoms with Crippen molar-refractivity contribution < 1.29 is 4.74 Å². The van der Waals surface area contributed by atoms with Gasteiger partial charge in [-0.25, -0.2) is 0 Å². The van der Waals surface area contributed by atoms with E-state index in [0.717, 1.165) is 49.9 Å². The van der Waals surface area contributed by atoms with E-state index in [1.54, 1.807) is 0 Å². The van der Waals surface area contributed by atoms with Crippen molar-refractivity contribution in [1.82, 2.24) is 31.1 Å². The van der Waals surface area contributed by atoms with Crippen molar-refractivity contribution in [3.8, 4) is 36.4 Å². The molecule has 13 heteroatoms. The molecule has 0 amide bonds. The summed E-state index contributed by atoms with van der Waals surface area (Å²) in [7, 11) is 0. The van der Waals surface area contributed by atoms with E-state index in [9.17, 15) is 31.6 Å². The van der Waals surface area contributed by atoms with Crippen LogP contribution in [0, 0.1) is 175 Å². The summed E-state index contributed by atoms with van der Waals surface area (Å²) in [4.78, 5) is 6.55. The molecule has 0 aromatic heterocycles. The summed E-state index contributed by atoms with van der Waals surface area (Å²) in [5.74, 6) is 2.74. The van der Waals surface area contributed by atoms with Gasteiger partial charge in [-0.3, -0.25) is 9.80 Å². The van der Waals surface area contributed by atoms with Crippen molar-refractivity contribution in [3.63, 3.8) is 0 Å². The quantitative estimate of drug-likeness (QED) is 0.198. The fourth-order valence-electron chi connectivity index (χ4n) is 22.2. The van der Waals surface area contributed by atoms with E-state index in [-0.39, 0.29) is 95.5 Å². The molecule has 0 bridgehead atoms. The van der Waals surface area contributed by atoms with Gasteiger partial charge in [0, 0.05) is 92.0 Å². The first kappa shape index (κ1) is 51.1. The molecule has 402 valence electrons. The monoisotopic (exact) mass is 1020 g/mol. The van der Waals surface area contributed by atoms with Gasteiger partial charge in [-0.2, -0.15) is 31.6 Å². The first-order valence-corrected chi connectivity index (χ1v) is 31.5. The number of hydrogen-bond donors (Lipinski definition) is 4. The molecule has 20 atom stereocenters. The molecule has 5 saturated heterocycles. The van der Waals surface area contributed by atoms with Gasteiger partial charge in [0.2, 0.25) is 0 Å². The second-order valence-electron chi connectivity index (χ2n) is 27.6. The zero-order chi connectivity index (χ0) is 50.9. The van der Waals surface area contributed by atoms with Crippen LogP contribution >= 0.6 is 0 Å². The fourth-order valence-corrected chi connectivity index (χ4v) is 22.2. The minimum Gasteiger partial charge on any atom is -0.373 e. The SMILES string of the molecule is N#CC1CC(C#N)C(C2CNC(C3C(C4NCC(C5C(C#N)CC(C#N)CC5C#N)CN4)C(N4C5CCCCC5C5CCCCC54)C4C5CCCCC5OC4C3N3C4CCCCC4C4CCCCC43)NC2)C(C#N)C1. The highest BCUT2D eigenvalue weighted by Crippen LogP contribution is 2.62. The van der Waals surface area contributed by atoms with Gasteiger partial charge in [-0.15, -0.1) is 0 Å². The van der Waals surface area contributed by atoms with Crippen molar-refractivity contribution in [3.05, 3.63) is 0 Å². The van der Waals surface area contributed by atoms with Crippen LogP contribution in [0.1, 0.15) is 154 Å². The Bertz CT molecular complexity index is 2220. The van der Waals surface area contributed by atoms with Crippen LogP contribution in [0.4, 0.5) is 0 Å². The second kappa shape index (κ2) is 21.7. The number of hydrogen-bond acceptors (Lipinski definition) is 13. The molecule has 75 heavy (non-hydrogen) atoms. The molecule has 4 N–H and O–H groups in total. The van der Waals surface area contributed by atoms with E-state index in [2.05, 4.69) is 67.5 Å². The molecule has 13 fully saturated rings. The first-order valence-electron chi connectivity index (χ1n) is 31.5. The maximum absolute atomic E-state index is 10.7. The molecule has 8 saturated carbocycles. The van der Waals surface area contributed by atoms with Gasteiger partial charge in [0.15, 0.2) is 0 Å². The predicted molar refractivity (Wildman–Crippen MR) is 282 cm³/mol. The standard InChI is InChI=1S/C62H88N12O/c63-25-35-21-37(27-65)53(38(22-35)28-66)41-31-69-61(70-32-41)56-57(62-71-33-42(34-72-62)54-39(29-67)23-36(26-64)24-40(54)30-68)59(74-50-18-8-3-13-45(50)46-14-4-9-19-51(46)74)60-55(47-15-5-10-20-52(47)75-60)58(56)73-48-16-6-1-11-43(48)44-12-2-7-17-49(44)73/h35-62,69-72H,1-24,31-34H2. The third-order valence-electron chi connectivity index (χ3n) is 24.7. The number of nitrogens with zero attached hydrogens (tertiary/aromatic N) is 8. The smallest absolute Gasteiger partial charge is 0.0785 e. The van der Waals surface area contributed by atoms with E-state index < -0.39 is 0 Å². The summed E-state index contributed by atoms with van der Waals surface area (Å²) in [6.45, 7) is 3.01. The Labute approximate surface area is 449 Å². The molecule has 0 aromatic rings. The normalized spacial score (nSPS) is 52.7. The van der Waals surface area contributed by atoms with Crippen molar-refractivity contribution in [2.75, 3.05) is 26.2 Å². The van der Waals surface area contributed by atoms with E-state index in [0.29, 0.717) is 73.8 Å². The van der Waals surface area contributed by atoms with Gasteiger partial charge >= 0.3 is 0 Å². The van der Waals surface area contributed by atoms with Gasteiger partial charge in [0.25, 0.3) is 0 Å². The number of likely N-dealkylation sites (tertiary alicyclic amines) is 2. The molecule has 13 aliphatic rings. The van der Waals surface area contributed by atoms with Gasteiger partial charge in [0.05, 0.1) is 84.6 Å². The summed E-state index contributed by atoms with van der Waals surface area (Å²) >= 11 is 0. The Balaban J connectivity index is 0.942. The first-order chi connectivity index (χ1) is 37.0. The molecule has 0 aromatic carbocycles. The van der Waals surface area contributed by atoms with Gasteiger partial charge in [0.1, 0.15) is 0 Å². The average molecular weight is 1020 g/mol. The molecular formula is C62H88N12O. The third-order valence-corrected chi connectivity index (χ3v) is 24.7. The largest absolute Gasteiger partial charge is 0.373 e. The third kappa shape index (κ3) is 8.70. The predicted octanol–water partition coefficient (Wildman–Crippen LogP) is 8.34. The van der Waals surface area contributed by atoms with Crippen molar-refractivity contribution in [1.29, 1.82) is 31.6 Å². The van der Waals surface area contributed by atoms with E-state index in [4.69, 9.17) is 4.74 Å². The summed E-state index contributed by atoms with van der Waals surface area (Å²) in [6.07, 6.45) is 29.0. The number of rotatable bonds is 6. The van der Waals surface area contributed by atoms with Crippen LogP contribution in [0.15, 0.2) is 0 Å². The Morgan fingerprint density at radius 1 is 0.347 bits per heavy atom. The Morgan fingerprint density at radius 2 is 0.680 bits per heavy atom. The lowest BCUT2D eigenvalue weighted by atomic mass is 9.57. The van der Waals surface area contributed by atoms with E-state index in [1.165, 1.54) is 128 Å². The topological polar surface area (TPSA) is 207 Å². The van der Waals surface area contributed by atoms with E-state index in [1.807, 2.05) is 0 Å². The van der Waals surface area contributed by atoms with E-state index >= 15 is 0 Å². The maximum Gasteiger partial charge on any atom is 0.0785 e. The molecule has 0 radical (unpaired) electrons. The average Bonchev–Trinajstić information content (AvgIpc) is 4.25. The number of ether oxygens (including phenoxy) is 1. The highest BCUT2D eigenvalue weighted by Gasteiger charge is 2.69. The lowest BCUT2D eigenvalue weighted by Gasteiger charge is -2.62. The Hall–Kier alpha value is -3.34. The Kier molecular flexibility index (Phi) is 14.8. The van der Waals surface area contributed by atoms with Crippen LogP contribution in [0.2, 0.25) is 0 Å². The zero-order valence-electron chi connectivity index (χ0n) is 45.0. The number of nitrogens with one attached hydrogen (secondary N) is 4. The number of fused-ring (bicyclic) bond motifs is 9. The Morgan fingerprint density at radius 3 is 1.05 bits per heavy atom. The van der Waals surface area contributed by atoms with Crippen LogP contribution < -0.4 is 21.3 Å². The molecular weight excluding hydrogens is 929 g/mol. The summed E-state index contributed by atoms with van der Waals surface area (Å²) < 4.78 is 8.08. The molecule has 8 aliphatic carbocycles. The van der Waals surface area contributed by atoms with Crippen LogP contribution in [0.3, 0.4) is 0 Å². The van der Waals surface area contributed by atoms with Crippen molar-refractivity contribution in [2.45, 2.75) is 215 Å². The summed E-state index contributed by atoms with van der Waals surface area (Å²) in [6, 6.07) is 18.3. The second-order valence-corrected chi connectivity index (χ2v) is 27.6. The highest BCUT2D eigenvalue weighted by molar-refractivity contribution is 5.22. The van der Waals surface area contributed by atoms with Crippen LogP contribution in [0.25, 0.3) is 0 Å². The fraction of sp³-hybridized carbons (Fsp3) is 0.903. The van der Waals surface area contributed by atoms with Gasteiger partial charge in [-0.1, -0.05) is 64.2 Å². The molecule has 13 nitrogen and oxygen atoms in total. The maximum atomic E-state index is 10.7. The summed E-state index contributed by atoms with van der Waals surface area (Å²) in [5, 5.41) is 80.1. The minimum atomic E-state index is -0.313. The van der Waals surface area contributed by atoms with Gasteiger partial charge < -0.3 is 26.0 Å². The van der Waals surface area contributed by atoms with Crippen molar-refractivity contribution >= 4 is 0 Å². The summed E-state index contributed by atoms with van der Waals surface area (Å²) in [5.41, 5.74) is 0.